The molecule has 1 amide bonds. The lowest BCUT2D eigenvalue weighted by Gasteiger charge is -2.15. The van der Waals surface area contributed by atoms with Gasteiger partial charge in [0.15, 0.2) is 11.5 Å². The molecule has 1 saturated heterocycles. The standard InChI is InChI=1S/C11H14N2O3/c12-8-3-4-13(6-8)11(16)7-1-2-9(14)10(15)5-7/h1-2,5,8,14-15H,3-4,6,12H2. The molecule has 1 aromatic carbocycles. The molecule has 0 radical (unpaired) electrons. The van der Waals surface area contributed by atoms with Gasteiger partial charge in [0.2, 0.25) is 0 Å². The number of phenols is 2. The van der Waals surface area contributed by atoms with E-state index in [2.05, 4.69) is 0 Å². The van der Waals surface area contributed by atoms with Crippen molar-refractivity contribution in [2.45, 2.75) is 12.5 Å². The fourth-order valence-corrected chi connectivity index (χ4v) is 1.81. The number of carbonyl (C=O) groups excluding carboxylic acids is 1. The van der Waals surface area contributed by atoms with Crippen LogP contribution in [0.15, 0.2) is 18.2 Å². The summed E-state index contributed by atoms with van der Waals surface area (Å²) in [6, 6.07) is 4.09. The lowest BCUT2D eigenvalue weighted by atomic mass is 10.2. The molecule has 0 aromatic heterocycles. The number of nitrogens with two attached hydrogens (primary N) is 1. The van der Waals surface area contributed by atoms with E-state index in [0.29, 0.717) is 18.7 Å². The van der Waals surface area contributed by atoms with Crippen molar-refractivity contribution in [2.24, 2.45) is 5.73 Å². The molecule has 0 spiro atoms. The largest absolute Gasteiger partial charge is 0.504 e. The van der Waals surface area contributed by atoms with Crippen LogP contribution in [0.3, 0.4) is 0 Å². The number of phenolic OH excluding ortho intramolecular Hbond substituents is 2. The SMILES string of the molecule is NC1CCN(C(=O)c2ccc(O)c(O)c2)C1. The number of aromatic hydroxyl groups is 2. The van der Waals surface area contributed by atoms with E-state index in [9.17, 15) is 9.90 Å². The molecule has 86 valence electrons. The first-order chi connectivity index (χ1) is 7.58. The maximum atomic E-state index is 11.9. The highest BCUT2D eigenvalue weighted by atomic mass is 16.3. The van der Waals surface area contributed by atoms with Crippen LogP contribution in [0.25, 0.3) is 0 Å². The molecule has 1 unspecified atom stereocenters. The van der Waals surface area contributed by atoms with Gasteiger partial charge in [-0.2, -0.15) is 0 Å². The molecule has 1 fully saturated rings. The Balaban J connectivity index is 2.18. The average Bonchev–Trinajstić information content (AvgIpc) is 2.68. The van der Waals surface area contributed by atoms with Crippen LogP contribution in [0.2, 0.25) is 0 Å². The van der Waals surface area contributed by atoms with Gasteiger partial charge in [0.25, 0.3) is 5.91 Å². The zero-order chi connectivity index (χ0) is 11.7. The number of amides is 1. The summed E-state index contributed by atoms with van der Waals surface area (Å²) >= 11 is 0. The molecule has 5 heteroatoms. The lowest BCUT2D eigenvalue weighted by Crippen LogP contribution is -2.31. The first-order valence-corrected chi connectivity index (χ1v) is 5.15. The van der Waals surface area contributed by atoms with Gasteiger partial charge < -0.3 is 20.8 Å². The van der Waals surface area contributed by atoms with Crippen molar-refractivity contribution in [3.63, 3.8) is 0 Å². The van der Waals surface area contributed by atoms with Gasteiger partial charge >= 0.3 is 0 Å². The van der Waals surface area contributed by atoms with Crippen molar-refractivity contribution in [1.29, 1.82) is 0 Å². The molecule has 0 bridgehead atoms. The molecule has 2 rings (SSSR count). The molecular weight excluding hydrogens is 208 g/mol. The number of benzene rings is 1. The van der Waals surface area contributed by atoms with Crippen LogP contribution in [0.4, 0.5) is 0 Å². The molecule has 1 aliphatic rings. The second-order valence-corrected chi connectivity index (χ2v) is 4.00. The van der Waals surface area contributed by atoms with E-state index in [4.69, 9.17) is 10.8 Å². The Morgan fingerprint density at radius 3 is 2.69 bits per heavy atom. The predicted molar refractivity (Wildman–Crippen MR) is 58.3 cm³/mol. The maximum Gasteiger partial charge on any atom is 0.254 e. The van der Waals surface area contributed by atoms with Crippen LogP contribution in [0.1, 0.15) is 16.8 Å². The third-order valence-corrected chi connectivity index (χ3v) is 2.73. The molecule has 4 N–H and O–H groups in total. The fraction of sp³-hybridized carbons (Fsp3) is 0.364. The topological polar surface area (TPSA) is 86.8 Å². The normalized spacial score (nSPS) is 20.1. The molecule has 16 heavy (non-hydrogen) atoms. The van der Waals surface area contributed by atoms with Crippen molar-refractivity contribution in [2.75, 3.05) is 13.1 Å². The van der Waals surface area contributed by atoms with E-state index in [-0.39, 0.29) is 23.4 Å². The summed E-state index contributed by atoms with van der Waals surface area (Å²) in [6.07, 6.45) is 0.801. The number of hydrogen-bond acceptors (Lipinski definition) is 4. The minimum Gasteiger partial charge on any atom is -0.504 e. The minimum atomic E-state index is -0.283. The second-order valence-electron chi connectivity index (χ2n) is 4.00. The summed E-state index contributed by atoms with van der Waals surface area (Å²) in [5.41, 5.74) is 6.08. The Bertz CT molecular complexity index is 420. The van der Waals surface area contributed by atoms with Crippen LogP contribution in [-0.2, 0) is 0 Å². The van der Waals surface area contributed by atoms with Crippen LogP contribution < -0.4 is 5.73 Å². The Kier molecular flexibility index (Phi) is 2.70. The van der Waals surface area contributed by atoms with Crippen molar-refractivity contribution in [3.05, 3.63) is 23.8 Å². The van der Waals surface area contributed by atoms with Gasteiger partial charge in [-0.05, 0) is 24.6 Å². The minimum absolute atomic E-state index is 0.0367. The number of hydrogen-bond donors (Lipinski definition) is 3. The van der Waals surface area contributed by atoms with E-state index < -0.39 is 0 Å². The van der Waals surface area contributed by atoms with Crippen molar-refractivity contribution >= 4 is 5.91 Å². The molecule has 0 saturated carbocycles. The van der Waals surface area contributed by atoms with Gasteiger partial charge in [-0.25, -0.2) is 0 Å². The summed E-state index contributed by atoms with van der Waals surface area (Å²) in [5.74, 6) is -0.674. The van der Waals surface area contributed by atoms with E-state index in [1.807, 2.05) is 0 Å². The maximum absolute atomic E-state index is 11.9. The fourth-order valence-electron chi connectivity index (χ4n) is 1.81. The van der Waals surface area contributed by atoms with E-state index in [1.54, 1.807) is 4.90 Å². The van der Waals surface area contributed by atoms with E-state index in [1.165, 1.54) is 18.2 Å². The van der Waals surface area contributed by atoms with Crippen molar-refractivity contribution in [3.8, 4) is 11.5 Å². The van der Waals surface area contributed by atoms with Crippen LogP contribution >= 0.6 is 0 Å². The zero-order valence-electron chi connectivity index (χ0n) is 8.76. The highest BCUT2D eigenvalue weighted by Crippen LogP contribution is 2.26. The number of carbonyl (C=O) groups is 1. The highest BCUT2D eigenvalue weighted by Gasteiger charge is 2.24. The quantitative estimate of drug-likeness (QED) is 0.595. The van der Waals surface area contributed by atoms with Crippen LogP contribution in [0, 0.1) is 0 Å². The van der Waals surface area contributed by atoms with Gasteiger partial charge in [0, 0.05) is 24.7 Å². The first kappa shape index (κ1) is 10.8. The lowest BCUT2D eigenvalue weighted by molar-refractivity contribution is 0.0790. The van der Waals surface area contributed by atoms with Crippen LogP contribution in [-0.4, -0.2) is 40.2 Å². The Hall–Kier alpha value is -1.75. The van der Waals surface area contributed by atoms with Gasteiger partial charge in [0.05, 0.1) is 0 Å². The van der Waals surface area contributed by atoms with Crippen molar-refractivity contribution < 1.29 is 15.0 Å². The summed E-state index contributed by atoms with van der Waals surface area (Å²) in [4.78, 5) is 13.6. The smallest absolute Gasteiger partial charge is 0.254 e. The molecule has 5 nitrogen and oxygen atoms in total. The van der Waals surface area contributed by atoms with Gasteiger partial charge in [-0.1, -0.05) is 0 Å². The average molecular weight is 222 g/mol. The second kappa shape index (κ2) is 4.02. The Morgan fingerprint density at radius 2 is 2.12 bits per heavy atom. The Labute approximate surface area is 93.1 Å². The van der Waals surface area contributed by atoms with Gasteiger partial charge in [0.1, 0.15) is 0 Å². The monoisotopic (exact) mass is 222 g/mol. The van der Waals surface area contributed by atoms with E-state index >= 15 is 0 Å². The first-order valence-electron chi connectivity index (χ1n) is 5.15. The zero-order valence-corrected chi connectivity index (χ0v) is 8.76. The Morgan fingerprint density at radius 1 is 1.38 bits per heavy atom. The number of rotatable bonds is 1. The van der Waals surface area contributed by atoms with E-state index in [0.717, 1.165) is 6.42 Å². The number of likely N-dealkylation sites (tertiary alicyclic amines) is 1. The predicted octanol–water partition coefficient (Wildman–Crippen LogP) is 0.271. The molecule has 1 aliphatic heterocycles. The van der Waals surface area contributed by atoms with Crippen molar-refractivity contribution in [1.82, 2.24) is 4.90 Å². The summed E-state index contributed by atoms with van der Waals surface area (Å²) in [6.45, 7) is 1.18. The summed E-state index contributed by atoms with van der Waals surface area (Å²) in [5, 5.41) is 18.4. The third kappa shape index (κ3) is 1.94. The molecule has 0 aliphatic carbocycles. The van der Waals surface area contributed by atoms with Gasteiger partial charge in [-0.3, -0.25) is 4.79 Å². The summed E-state index contributed by atoms with van der Waals surface area (Å²) < 4.78 is 0. The molecule has 1 heterocycles. The number of nitrogens with zero attached hydrogens (tertiary/aromatic N) is 1. The molecule has 1 aromatic rings. The van der Waals surface area contributed by atoms with Gasteiger partial charge in [-0.15, -0.1) is 0 Å². The third-order valence-electron chi connectivity index (χ3n) is 2.73. The van der Waals surface area contributed by atoms with Crippen LogP contribution in [0.5, 0.6) is 11.5 Å². The summed E-state index contributed by atoms with van der Waals surface area (Å²) in [7, 11) is 0. The molecular formula is C11H14N2O3. The highest BCUT2D eigenvalue weighted by molar-refractivity contribution is 5.95. The molecule has 1 atom stereocenters.